The van der Waals surface area contributed by atoms with E-state index in [1.807, 2.05) is 0 Å². The molecule has 0 radical (unpaired) electrons. The van der Waals surface area contributed by atoms with Gasteiger partial charge in [-0.15, -0.1) is 0 Å². The van der Waals surface area contributed by atoms with Gasteiger partial charge in [0.1, 0.15) is 5.82 Å². The van der Waals surface area contributed by atoms with Gasteiger partial charge in [-0.2, -0.15) is 0 Å². The Morgan fingerprint density at radius 1 is 1.67 bits per heavy atom. The number of nitrogens with zero attached hydrogens (tertiary/aromatic N) is 1. The Hall–Kier alpha value is -0.540. The number of hydrogen-bond acceptors (Lipinski definition) is 2. The number of rotatable bonds is 3. The molecule has 1 heterocycles. The summed E-state index contributed by atoms with van der Waals surface area (Å²) in [6, 6.07) is 0. The Bertz CT molecular complexity index is 258. The van der Waals surface area contributed by atoms with E-state index in [1.54, 1.807) is 6.92 Å². The van der Waals surface area contributed by atoms with Crippen LogP contribution in [-0.2, 0) is 6.42 Å². The topological polar surface area (TPSA) is 48.9 Å². The number of hydrogen-bond donors (Lipinski definition) is 2. The molecule has 3 nitrogen and oxygen atoms in total. The fourth-order valence-corrected chi connectivity index (χ4v) is 1.35. The largest absolute Gasteiger partial charge is 0.387 e. The SMILES string of the molecule is CCCc1nc(Cl)c(C(C)O)[nH]1. The van der Waals surface area contributed by atoms with Crippen molar-refractivity contribution < 1.29 is 5.11 Å². The molecule has 0 fully saturated rings. The number of aromatic nitrogens is 2. The first-order chi connectivity index (χ1) is 5.65. The minimum Gasteiger partial charge on any atom is -0.387 e. The third-order valence-corrected chi connectivity index (χ3v) is 1.93. The van der Waals surface area contributed by atoms with Gasteiger partial charge in [0.05, 0.1) is 11.8 Å². The van der Waals surface area contributed by atoms with E-state index >= 15 is 0 Å². The second-order valence-corrected chi connectivity index (χ2v) is 3.17. The predicted octanol–water partition coefficient (Wildman–Crippen LogP) is 2.07. The van der Waals surface area contributed by atoms with E-state index in [-0.39, 0.29) is 0 Å². The summed E-state index contributed by atoms with van der Waals surface area (Å²) in [7, 11) is 0. The van der Waals surface area contributed by atoms with Crippen LogP contribution in [0.15, 0.2) is 0 Å². The average molecular weight is 189 g/mol. The fourth-order valence-electron chi connectivity index (χ4n) is 1.05. The first-order valence-corrected chi connectivity index (χ1v) is 4.45. The van der Waals surface area contributed by atoms with Crippen LogP contribution in [0.25, 0.3) is 0 Å². The lowest BCUT2D eigenvalue weighted by Gasteiger charge is -1.98. The van der Waals surface area contributed by atoms with Crippen LogP contribution in [0.1, 0.15) is 37.9 Å². The molecule has 12 heavy (non-hydrogen) atoms. The quantitative estimate of drug-likeness (QED) is 0.763. The van der Waals surface area contributed by atoms with Crippen LogP contribution in [0.4, 0.5) is 0 Å². The molecule has 0 spiro atoms. The summed E-state index contributed by atoms with van der Waals surface area (Å²) in [6.45, 7) is 3.73. The van der Waals surface area contributed by atoms with Gasteiger partial charge in [0, 0.05) is 6.42 Å². The minimum absolute atomic E-state index is 0.383. The lowest BCUT2D eigenvalue weighted by molar-refractivity contribution is 0.195. The summed E-state index contributed by atoms with van der Waals surface area (Å²) in [5, 5.41) is 9.61. The van der Waals surface area contributed by atoms with Crippen molar-refractivity contribution >= 4 is 11.6 Å². The van der Waals surface area contributed by atoms with Crippen molar-refractivity contribution in [2.75, 3.05) is 0 Å². The lowest BCUT2D eigenvalue weighted by atomic mass is 10.3. The van der Waals surface area contributed by atoms with Gasteiger partial charge in [0.25, 0.3) is 0 Å². The molecular weight excluding hydrogens is 176 g/mol. The van der Waals surface area contributed by atoms with Gasteiger partial charge in [-0.3, -0.25) is 0 Å². The molecule has 0 amide bonds. The molecule has 1 unspecified atom stereocenters. The smallest absolute Gasteiger partial charge is 0.153 e. The zero-order chi connectivity index (χ0) is 9.14. The highest BCUT2D eigenvalue weighted by Gasteiger charge is 2.11. The van der Waals surface area contributed by atoms with Gasteiger partial charge in [-0.1, -0.05) is 18.5 Å². The normalized spacial score (nSPS) is 13.3. The van der Waals surface area contributed by atoms with E-state index in [2.05, 4.69) is 16.9 Å². The molecule has 68 valence electrons. The van der Waals surface area contributed by atoms with Crippen LogP contribution < -0.4 is 0 Å². The van der Waals surface area contributed by atoms with Crippen molar-refractivity contribution in [2.24, 2.45) is 0 Å². The summed E-state index contributed by atoms with van der Waals surface area (Å²) in [5.41, 5.74) is 0.611. The van der Waals surface area contributed by atoms with E-state index in [0.717, 1.165) is 18.7 Å². The molecule has 1 atom stereocenters. The van der Waals surface area contributed by atoms with Crippen LogP contribution in [0.3, 0.4) is 0 Å². The molecular formula is C8H13ClN2O. The Kier molecular flexibility index (Phi) is 3.12. The second-order valence-electron chi connectivity index (χ2n) is 2.81. The third kappa shape index (κ3) is 1.99. The number of aryl methyl sites for hydroxylation is 1. The maximum absolute atomic E-state index is 9.23. The lowest BCUT2D eigenvalue weighted by Crippen LogP contribution is -1.92. The Labute approximate surface area is 76.8 Å². The zero-order valence-electron chi connectivity index (χ0n) is 7.26. The molecule has 0 aliphatic heterocycles. The average Bonchev–Trinajstić information content (AvgIpc) is 2.32. The Morgan fingerprint density at radius 3 is 2.75 bits per heavy atom. The highest BCUT2D eigenvalue weighted by molar-refractivity contribution is 6.30. The van der Waals surface area contributed by atoms with Crippen LogP contribution in [0.2, 0.25) is 5.15 Å². The predicted molar refractivity (Wildman–Crippen MR) is 48.2 cm³/mol. The van der Waals surface area contributed by atoms with Crippen molar-refractivity contribution in [3.05, 3.63) is 16.7 Å². The zero-order valence-corrected chi connectivity index (χ0v) is 8.02. The second kappa shape index (κ2) is 3.92. The summed E-state index contributed by atoms with van der Waals surface area (Å²) < 4.78 is 0. The fraction of sp³-hybridized carbons (Fsp3) is 0.625. The molecule has 1 aromatic heterocycles. The van der Waals surface area contributed by atoms with Crippen molar-refractivity contribution in [3.8, 4) is 0 Å². The third-order valence-electron chi connectivity index (χ3n) is 1.64. The molecule has 0 aromatic carbocycles. The van der Waals surface area contributed by atoms with Crippen molar-refractivity contribution in [2.45, 2.75) is 32.8 Å². The molecule has 1 aromatic rings. The van der Waals surface area contributed by atoms with Crippen molar-refractivity contribution in [1.82, 2.24) is 9.97 Å². The van der Waals surface area contributed by atoms with E-state index in [0.29, 0.717) is 10.8 Å². The molecule has 0 saturated carbocycles. The number of H-pyrrole nitrogens is 1. The number of imidazole rings is 1. The first-order valence-electron chi connectivity index (χ1n) is 4.07. The Morgan fingerprint density at radius 2 is 2.33 bits per heavy atom. The maximum Gasteiger partial charge on any atom is 0.153 e. The highest BCUT2D eigenvalue weighted by Crippen LogP contribution is 2.20. The standard InChI is InChI=1S/C8H13ClN2O/c1-3-4-6-10-7(5(2)12)8(9)11-6/h5,12H,3-4H2,1-2H3,(H,10,11). The van der Waals surface area contributed by atoms with E-state index in [9.17, 15) is 5.11 Å². The summed E-state index contributed by atoms with van der Waals surface area (Å²) >= 11 is 5.77. The first kappa shape index (κ1) is 9.55. The van der Waals surface area contributed by atoms with Gasteiger partial charge >= 0.3 is 0 Å². The van der Waals surface area contributed by atoms with E-state index in [4.69, 9.17) is 11.6 Å². The molecule has 4 heteroatoms. The molecule has 2 N–H and O–H groups in total. The maximum atomic E-state index is 9.23. The molecule has 0 saturated heterocycles. The number of aliphatic hydroxyl groups is 1. The monoisotopic (exact) mass is 188 g/mol. The minimum atomic E-state index is -0.574. The van der Waals surface area contributed by atoms with Crippen LogP contribution in [0.5, 0.6) is 0 Å². The van der Waals surface area contributed by atoms with Crippen LogP contribution in [-0.4, -0.2) is 15.1 Å². The van der Waals surface area contributed by atoms with Crippen molar-refractivity contribution in [3.63, 3.8) is 0 Å². The van der Waals surface area contributed by atoms with E-state index in [1.165, 1.54) is 0 Å². The highest BCUT2D eigenvalue weighted by atomic mass is 35.5. The van der Waals surface area contributed by atoms with Crippen LogP contribution >= 0.6 is 11.6 Å². The molecule has 0 aliphatic carbocycles. The number of halogens is 1. The number of aliphatic hydroxyl groups excluding tert-OH is 1. The van der Waals surface area contributed by atoms with Gasteiger partial charge in [-0.05, 0) is 13.3 Å². The summed E-state index contributed by atoms with van der Waals surface area (Å²) in [5.74, 6) is 0.846. The molecule has 0 bridgehead atoms. The summed E-state index contributed by atoms with van der Waals surface area (Å²) in [4.78, 5) is 7.06. The van der Waals surface area contributed by atoms with Gasteiger partial charge in [0.2, 0.25) is 0 Å². The van der Waals surface area contributed by atoms with Gasteiger partial charge < -0.3 is 10.1 Å². The van der Waals surface area contributed by atoms with Crippen molar-refractivity contribution in [1.29, 1.82) is 0 Å². The van der Waals surface area contributed by atoms with E-state index < -0.39 is 6.10 Å². The number of nitrogens with one attached hydrogen (secondary N) is 1. The van der Waals surface area contributed by atoms with Gasteiger partial charge in [0.15, 0.2) is 5.15 Å². The van der Waals surface area contributed by atoms with Crippen LogP contribution in [0, 0.1) is 0 Å². The molecule has 0 aliphatic rings. The molecule has 1 rings (SSSR count). The Balaban J connectivity index is 2.85. The summed E-state index contributed by atoms with van der Waals surface area (Å²) in [6.07, 6.45) is 1.31. The van der Waals surface area contributed by atoms with Gasteiger partial charge in [-0.25, -0.2) is 4.98 Å². The number of aromatic amines is 1.